The van der Waals surface area contributed by atoms with Crippen LogP contribution in [0.3, 0.4) is 0 Å². The number of piperidine rings is 4. The Morgan fingerprint density at radius 2 is 0.669 bits per heavy atom. The SMILES string of the molecule is CC1(N)CCN(c2cccnc2NC(=O)c2nc(-c3nccc(CO)c3C(F)(F)F)cnc2N)CC1.CCOc1ccnc(-c2cnc(N)c(C(=O)Nc3ncccc3N3CCC(C)(N)CC3)n2)c1F.COCc1ccnc(-c2cnc(N)c(C(=O)Nc3ncccc3N3CCC(C)(N)CC3)n2)c1C(F)(F)F.Cc1ccnc(-c2cnc(N)c(C(=O)Nc3ncccc3N3CCC(C)(N)CC3)n2)c1F. The molecule has 139 heavy (non-hydrogen) atoms. The number of pyridine rings is 8. The number of alkyl halides is 6. The fraction of sp³-hybridized carbons (Fsp3) is 0.348. The van der Waals surface area contributed by atoms with Crippen molar-refractivity contribution < 1.29 is 68.9 Å². The molecular weight excluding hydrogens is 1820 g/mol. The number of aryl methyl sites for hydroxylation is 1. The van der Waals surface area contributed by atoms with Crippen LogP contribution in [0.25, 0.3) is 45.6 Å². The lowest BCUT2D eigenvalue weighted by Crippen LogP contribution is -2.48. The minimum absolute atomic E-state index is 0.00299. The molecule has 0 spiro atoms. The number of ether oxygens (including phenoxy) is 2. The lowest BCUT2D eigenvalue weighted by molar-refractivity contribution is -0.139. The number of nitrogens with zero attached hydrogens (tertiary/aromatic N) is 20. The van der Waals surface area contributed by atoms with Crippen LogP contribution in [-0.4, -0.2) is 197 Å². The summed E-state index contributed by atoms with van der Waals surface area (Å²) in [5.74, 6) is -3.43. The third-order valence-corrected chi connectivity index (χ3v) is 23.4. The molecule has 0 bridgehead atoms. The van der Waals surface area contributed by atoms with E-state index in [1.165, 1.54) is 62.6 Å². The molecule has 4 saturated heterocycles. The van der Waals surface area contributed by atoms with Crippen molar-refractivity contribution in [2.45, 2.75) is 141 Å². The summed E-state index contributed by atoms with van der Waals surface area (Å²) >= 11 is 0. The highest BCUT2D eigenvalue weighted by Crippen LogP contribution is 2.42. The van der Waals surface area contributed by atoms with Gasteiger partial charge in [-0.05, 0) is 176 Å². The molecule has 39 nitrogen and oxygen atoms in total. The Bertz CT molecular complexity index is 6440. The number of methoxy groups -OCH3 is 1. The third kappa shape index (κ3) is 24.8. The minimum atomic E-state index is -4.83. The van der Waals surface area contributed by atoms with Gasteiger partial charge in [0.25, 0.3) is 23.6 Å². The third-order valence-electron chi connectivity index (χ3n) is 23.4. The Labute approximate surface area is 792 Å². The summed E-state index contributed by atoms with van der Waals surface area (Å²) in [7, 11) is 1.29. The van der Waals surface area contributed by atoms with E-state index in [2.05, 4.69) is 116 Å². The molecule has 730 valence electrons. The van der Waals surface area contributed by atoms with Gasteiger partial charge in [-0.2, -0.15) is 26.3 Å². The predicted octanol–water partition coefficient (Wildman–Crippen LogP) is 11.0. The Morgan fingerprint density at radius 1 is 0.396 bits per heavy atom. The van der Waals surface area contributed by atoms with Crippen LogP contribution in [0.1, 0.15) is 156 Å². The molecule has 12 aromatic rings. The maximum atomic E-state index is 14.8. The number of anilines is 12. The molecule has 0 aromatic carbocycles. The number of carbonyl (C=O) groups excluding carboxylic acids is 4. The van der Waals surface area contributed by atoms with Crippen LogP contribution in [-0.2, 0) is 30.3 Å². The largest absolute Gasteiger partial charge is 0.491 e. The van der Waals surface area contributed by atoms with E-state index in [1.54, 1.807) is 56.6 Å². The first-order valence-electron chi connectivity index (χ1n) is 43.8. The summed E-state index contributed by atoms with van der Waals surface area (Å²) in [6.07, 6.45) is 12.7. The van der Waals surface area contributed by atoms with Crippen LogP contribution in [0.5, 0.6) is 5.75 Å². The van der Waals surface area contributed by atoms with Crippen molar-refractivity contribution in [2.24, 2.45) is 22.9 Å². The van der Waals surface area contributed by atoms with Gasteiger partial charge in [-0.25, -0.2) is 68.6 Å². The number of aromatic nitrogens is 16. The van der Waals surface area contributed by atoms with Gasteiger partial charge in [0.1, 0.15) is 45.6 Å². The number of hydrogen-bond donors (Lipinski definition) is 13. The molecule has 4 aliphatic heterocycles. The molecule has 47 heteroatoms. The first kappa shape index (κ1) is 101. The highest BCUT2D eigenvalue weighted by Gasteiger charge is 2.41. The number of halogens is 8. The van der Waals surface area contributed by atoms with E-state index >= 15 is 0 Å². The van der Waals surface area contributed by atoms with Gasteiger partial charge >= 0.3 is 12.4 Å². The summed E-state index contributed by atoms with van der Waals surface area (Å²) in [6.45, 7) is 16.2. The van der Waals surface area contributed by atoms with Crippen LogP contribution in [0, 0.1) is 18.6 Å². The average molecular weight is 1920 g/mol. The number of rotatable bonds is 21. The van der Waals surface area contributed by atoms with Crippen LogP contribution < -0.4 is 91.5 Å². The van der Waals surface area contributed by atoms with Crippen molar-refractivity contribution in [2.75, 3.05) is 130 Å². The van der Waals surface area contributed by atoms with Crippen molar-refractivity contribution in [3.63, 3.8) is 0 Å². The Hall–Kier alpha value is -15.2. The fourth-order valence-electron chi connectivity index (χ4n) is 15.4. The molecule has 16 heterocycles. The maximum Gasteiger partial charge on any atom is 0.418 e. The first-order valence-corrected chi connectivity index (χ1v) is 43.8. The second-order valence-corrected chi connectivity index (χ2v) is 34.5. The topological polar surface area (TPSA) is 582 Å². The van der Waals surface area contributed by atoms with Gasteiger partial charge in [0, 0.05) is 137 Å². The Balaban J connectivity index is 0.000000156. The lowest BCUT2D eigenvalue weighted by atomic mass is 9.91. The molecule has 0 unspecified atom stereocenters. The van der Waals surface area contributed by atoms with E-state index in [0.717, 1.165) is 114 Å². The normalized spacial score (nSPS) is 15.4. The quantitative estimate of drug-likeness (QED) is 0.0297. The van der Waals surface area contributed by atoms with E-state index in [4.69, 9.17) is 55.3 Å². The van der Waals surface area contributed by atoms with Gasteiger partial charge in [0.2, 0.25) is 0 Å². The summed E-state index contributed by atoms with van der Waals surface area (Å²) in [4.78, 5) is 126. The second-order valence-electron chi connectivity index (χ2n) is 34.5. The van der Waals surface area contributed by atoms with Gasteiger partial charge in [-0.3, -0.25) is 39.1 Å². The number of aliphatic hydroxyl groups is 1. The summed E-state index contributed by atoms with van der Waals surface area (Å²) in [5, 5.41) is 20.3. The average Bonchev–Trinajstić information content (AvgIpc) is 0.779. The van der Waals surface area contributed by atoms with Crippen LogP contribution >= 0.6 is 0 Å². The van der Waals surface area contributed by atoms with Gasteiger partial charge in [-0.15, -0.1) is 0 Å². The van der Waals surface area contributed by atoms with Gasteiger partial charge < -0.3 is 101 Å². The molecule has 21 N–H and O–H groups in total. The molecule has 0 atom stereocenters. The minimum Gasteiger partial charge on any atom is -0.491 e. The molecule has 4 amide bonds. The van der Waals surface area contributed by atoms with Gasteiger partial charge in [0.05, 0.1) is 78.5 Å². The number of hydrogen-bond acceptors (Lipinski definition) is 35. The smallest absolute Gasteiger partial charge is 0.418 e. The lowest BCUT2D eigenvalue weighted by Gasteiger charge is -2.38. The number of carbonyl (C=O) groups is 4. The molecule has 4 aliphatic rings. The van der Waals surface area contributed by atoms with Crippen molar-refractivity contribution in [3.05, 3.63) is 209 Å². The fourth-order valence-corrected chi connectivity index (χ4v) is 15.4. The highest BCUT2D eigenvalue weighted by molar-refractivity contribution is 6.09. The van der Waals surface area contributed by atoms with Crippen molar-refractivity contribution in [1.29, 1.82) is 0 Å². The number of amides is 4. The van der Waals surface area contributed by atoms with Crippen molar-refractivity contribution in [3.8, 4) is 51.3 Å². The molecule has 0 radical (unpaired) electrons. The molecular formula is C92H104F8N32O7. The van der Waals surface area contributed by atoms with E-state index < -0.39 is 76.7 Å². The van der Waals surface area contributed by atoms with Gasteiger partial charge in [-0.1, -0.05) is 0 Å². The van der Waals surface area contributed by atoms with Crippen molar-refractivity contribution in [1.82, 2.24) is 79.7 Å². The summed E-state index contributed by atoms with van der Waals surface area (Å²) in [6, 6.07) is 19.7. The molecule has 4 fully saturated rings. The van der Waals surface area contributed by atoms with E-state index in [1.807, 2.05) is 56.9 Å². The standard InChI is InChI=1S/C24H27F3N8O2.C23H25F3N8O2.C23H27FN8O2.C22H25FN8O/c1-23(29)6-10-35(11-7-23)16-4-3-8-31-21(16)34-22(36)19-20(28)32-12-15(33-19)18-17(24(25,26)27)14(13-37-2)5-9-30-18;1-22(28)5-9-34(10-6-22)15-3-2-7-30-20(15)33-21(36)18-19(27)31-11-14(32-18)17-16(23(24,25)26)13(12-35)4-8-29-17;1-3-34-16-6-10-27-18(17(16)24)14-13-29-20(25)19(30-14)22(33)31-21-15(5-4-9-28-21)32-11-7-23(2,26)8-12-32;1-13-5-9-26-17(16(13)23)14-12-28-19(24)18(29-14)21(32)30-20-15(4-3-8-27-20)31-10-6-22(2,25)7-11-31/h3-5,8-9,12H,6-7,10-11,13,29H2,1-2H3,(H2,28,32)(H,31,34,36);2-4,7-8,11,35H,5-6,9-10,12,28H2,1H3,(H2,27,31)(H,30,33,36);4-6,9-10,13H,3,7-8,11-12,26H2,1-2H3,(H2,25,29)(H,28,31,33);3-5,8-9,12H,6-7,10-11,25H2,1-2H3,(H2,24,28)(H,27,30,32). The van der Waals surface area contributed by atoms with Crippen LogP contribution in [0.2, 0.25) is 0 Å². The first-order chi connectivity index (χ1) is 66.0. The number of aliphatic hydroxyl groups excluding tert-OH is 1. The molecule has 0 saturated carbocycles. The Kier molecular flexibility index (Phi) is 31.3. The maximum absolute atomic E-state index is 14.8. The zero-order valence-electron chi connectivity index (χ0n) is 76.8. The predicted molar refractivity (Wildman–Crippen MR) is 506 cm³/mol. The number of nitrogens with one attached hydrogen (secondary N) is 4. The summed E-state index contributed by atoms with van der Waals surface area (Å²) < 4.78 is 123. The summed E-state index contributed by atoms with van der Waals surface area (Å²) in [5.41, 5.74) is 45.6. The number of nitrogen functional groups attached to an aromatic ring is 4. The van der Waals surface area contributed by atoms with Crippen LogP contribution in [0.4, 0.5) is 104 Å². The van der Waals surface area contributed by atoms with Gasteiger partial charge in [0.15, 0.2) is 86.7 Å². The van der Waals surface area contributed by atoms with Crippen molar-refractivity contribution >= 4 is 92.9 Å². The molecule has 12 aromatic heterocycles. The van der Waals surface area contributed by atoms with E-state index in [-0.39, 0.29) is 144 Å². The van der Waals surface area contributed by atoms with E-state index in [0.29, 0.717) is 54.8 Å². The second kappa shape index (κ2) is 43.0. The highest BCUT2D eigenvalue weighted by atomic mass is 19.4. The molecule has 0 aliphatic carbocycles. The monoisotopic (exact) mass is 1920 g/mol. The molecule has 16 rings (SSSR count). The zero-order chi connectivity index (χ0) is 100. The Morgan fingerprint density at radius 3 is 0.964 bits per heavy atom. The number of nitrogens with two attached hydrogens (primary N) is 8. The van der Waals surface area contributed by atoms with Crippen LogP contribution in [0.15, 0.2) is 147 Å². The zero-order valence-corrected chi connectivity index (χ0v) is 76.8. The van der Waals surface area contributed by atoms with E-state index in [9.17, 15) is 59.4 Å².